The molecule has 0 bridgehead atoms. The second-order valence-corrected chi connectivity index (χ2v) is 3.16. The lowest BCUT2D eigenvalue weighted by Gasteiger charge is -2.09. The fraction of sp³-hybridized carbons (Fsp3) is 0.400. The van der Waals surface area contributed by atoms with Gasteiger partial charge < -0.3 is 4.74 Å². The Morgan fingerprint density at radius 2 is 2.19 bits per heavy atom. The summed E-state index contributed by atoms with van der Waals surface area (Å²) in [4.78, 5) is 14.5. The van der Waals surface area contributed by atoms with E-state index in [0.717, 1.165) is 13.2 Å². The summed E-state index contributed by atoms with van der Waals surface area (Å²) in [5, 5.41) is 0. The average Bonchev–Trinajstić information content (AvgIpc) is 2.20. The molecule has 88 valence electrons. The topological polar surface area (TPSA) is 39.2 Å². The van der Waals surface area contributed by atoms with Crippen LogP contribution in [0.2, 0.25) is 0 Å². The second kappa shape index (κ2) is 4.96. The first-order valence-corrected chi connectivity index (χ1v) is 4.46. The van der Waals surface area contributed by atoms with Crippen LogP contribution in [0.4, 0.5) is 13.2 Å². The van der Waals surface area contributed by atoms with Crippen molar-refractivity contribution in [3.63, 3.8) is 0 Å². The molecule has 0 aliphatic carbocycles. The van der Waals surface area contributed by atoms with Gasteiger partial charge in [-0.05, 0) is 13.0 Å². The number of aryl methyl sites for hydroxylation is 1. The number of esters is 1. The molecule has 1 rings (SSSR count). The highest BCUT2D eigenvalue weighted by molar-refractivity contribution is 5.72. The van der Waals surface area contributed by atoms with Crippen LogP contribution >= 0.6 is 0 Å². The smallest absolute Gasteiger partial charge is 0.310 e. The molecule has 0 saturated heterocycles. The van der Waals surface area contributed by atoms with Crippen molar-refractivity contribution in [2.45, 2.75) is 19.8 Å². The number of hydrogen-bond acceptors (Lipinski definition) is 3. The molecule has 0 unspecified atom stereocenters. The summed E-state index contributed by atoms with van der Waals surface area (Å²) in [5.41, 5.74) is -0.975. The maximum atomic E-state index is 13.4. The summed E-state index contributed by atoms with van der Waals surface area (Å²) in [6, 6.07) is 1.00. The minimum absolute atomic E-state index is 0.140. The highest BCUT2D eigenvalue weighted by Gasteiger charge is 2.21. The summed E-state index contributed by atoms with van der Waals surface area (Å²) in [7, 11) is 1.10. The molecule has 1 aromatic heterocycles. The van der Waals surface area contributed by atoms with E-state index < -0.39 is 35.9 Å². The van der Waals surface area contributed by atoms with Gasteiger partial charge in [0.05, 0.1) is 13.5 Å². The van der Waals surface area contributed by atoms with Gasteiger partial charge in [-0.25, -0.2) is 13.2 Å². The molecule has 1 heterocycles. The molecular weight excluding hydrogens is 223 g/mol. The number of methoxy groups -OCH3 is 1. The molecule has 0 aliphatic rings. The van der Waals surface area contributed by atoms with Gasteiger partial charge in [0, 0.05) is 11.3 Å². The van der Waals surface area contributed by atoms with E-state index in [0.29, 0.717) is 0 Å². The average molecular weight is 233 g/mol. The molecule has 1 aromatic rings. The minimum Gasteiger partial charge on any atom is -0.469 e. The van der Waals surface area contributed by atoms with Crippen LogP contribution in [0.5, 0.6) is 0 Å². The normalized spacial score (nSPS) is 10.6. The molecule has 6 heteroatoms. The Morgan fingerprint density at radius 1 is 1.56 bits per heavy atom. The second-order valence-electron chi connectivity index (χ2n) is 3.16. The molecule has 0 aliphatic heterocycles. The lowest BCUT2D eigenvalue weighted by atomic mass is 10.1. The van der Waals surface area contributed by atoms with Crippen LogP contribution in [0.15, 0.2) is 6.07 Å². The van der Waals surface area contributed by atoms with E-state index >= 15 is 0 Å². The third-order valence-corrected chi connectivity index (χ3v) is 1.99. The number of halogens is 3. The van der Waals surface area contributed by atoms with E-state index in [4.69, 9.17) is 0 Å². The zero-order valence-electron chi connectivity index (χ0n) is 8.76. The molecule has 0 saturated carbocycles. The molecule has 0 atom stereocenters. The van der Waals surface area contributed by atoms with Gasteiger partial charge in [-0.3, -0.25) is 9.78 Å². The van der Waals surface area contributed by atoms with Gasteiger partial charge in [-0.2, -0.15) is 0 Å². The predicted octanol–water partition coefficient (Wildman–Crippen LogP) is 2.18. The van der Waals surface area contributed by atoms with Gasteiger partial charge in [-0.15, -0.1) is 0 Å². The largest absolute Gasteiger partial charge is 0.469 e. The quantitative estimate of drug-likeness (QED) is 0.751. The lowest BCUT2D eigenvalue weighted by Crippen LogP contribution is -2.11. The van der Waals surface area contributed by atoms with E-state index in [9.17, 15) is 18.0 Å². The van der Waals surface area contributed by atoms with Gasteiger partial charge in [0.25, 0.3) is 6.43 Å². The van der Waals surface area contributed by atoms with Gasteiger partial charge >= 0.3 is 5.97 Å². The highest BCUT2D eigenvalue weighted by Crippen LogP contribution is 2.24. The van der Waals surface area contributed by atoms with E-state index in [1.54, 1.807) is 0 Å². The van der Waals surface area contributed by atoms with Crippen molar-refractivity contribution in [1.29, 1.82) is 0 Å². The summed E-state index contributed by atoms with van der Waals surface area (Å²) in [5.74, 6) is -1.65. The molecule has 0 amide bonds. The van der Waals surface area contributed by atoms with E-state index in [1.165, 1.54) is 6.92 Å². The van der Waals surface area contributed by atoms with Crippen molar-refractivity contribution < 1.29 is 22.7 Å². The number of nitrogens with zero attached hydrogens (tertiary/aromatic N) is 1. The Kier molecular flexibility index (Phi) is 3.87. The summed E-state index contributed by atoms with van der Waals surface area (Å²) < 4.78 is 42.8. The zero-order chi connectivity index (χ0) is 12.3. The predicted molar refractivity (Wildman–Crippen MR) is 49.6 cm³/mol. The van der Waals surface area contributed by atoms with Gasteiger partial charge in [0.15, 0.2) is 0 Å². The van der Waals surface area contributed by atoms with Crippen LogP contribution in [-0.2, 0) is 16.0 Å². The molecule has 0 N–H and O–H groups in total. The van der Waals surface area contributed by atoms with E-state index in [1.807, 2.05) is 0 Å². The van der Waals surface area contributed by atoms with Gasteiger partial charge in [0.1, 0.15) is 11.5 Å². The molecule has 0 aromatic carbocycles. The summed E-state index contributed by atoms with van der Waals surface area (Å²) >= 11 is 0. The maximum Gasteiger partial charge on any atom is 0.310 e. The Balaban J connectivity index is 3.19. The Hall–Kier alpha value is -1.59. The standard InChI is InChI=1S/C10H10F3NO2/c1-5-3-7(11)6(4-8(15)16-2)9(14-5)10(12)13/h3,10H,4H2,1-2H3. The molecule has 3 nitrogen and oxygen atoms in total. The number of rotatable bonds is 3. The fourth-order valence-corrected chi connectivity index (χ4v) is 1.25. The number of aromatic nitrogens is 1. The number of hydrogen-bond donors (Lipinski definition) is 0. The first kappa shape index (κ1) is 12.5. The SMILES string of the molecule is COC(=O)Cc1c(F)cc(C)nc1C(F)F. The summed E-state index contributed by atoms with van der Waals surface area (Å²) in [6.07, 6.45) is -3.47. The number of ether oxygens (including phenoxy) is 1. The van der Waals surface area contributed by atoms with Crippen molar-refractivity contribution in [3.8, 4) is 0 Å². The Bertz CT molecular complexity index is 407. The van der Waals surface area contributed by atoms with Crippen LogP contribution in [0.1, 0.15) is 23.4 Å². The molecule has 16 heavy (non-hydrogen) atoms. The molecule has 0 spiro atoms. The lowest BCUT2D eigenvalue weighted by molar-refractivity contribution is -0.139. The minimum atomic E-state index is -2.92. The summed E-state index contributed by atoms with van der Waals surface area (Å²) in [6.45, 7) is 1.40. The van der Waals surface area contributed by atoms with Crippen LogP contribution in [0.3, 0.4) is 0 Å². The van der Waals surface area contributed by atoms with Crippen LogP contribution < -0.4 is 0 Å². The number of pyridine rings is 1. The first-order valence-electron chi connectivity index (χ1n) is 4.46. The van der Waals surface area contributed by atoms with Crippen LogP contribution in [-0.4, -0.2) is 18.1 Å². The van der Waals surface area contributed by atoms with Gasteiger partial charge in [0.2, 0.25) is 0 Å². The Morgan fingerprint density at radius 3 is 2.69 bits per heavy atom. The van der Waals surface area contributed by atoms with Crippen molar-refractivity contribution in [2.24, 2.45) is 0 Å². The van der Waals surface area contributed by atoms with Crippen molar-refractivity contribution in [1.82, 2.24) is 4.98 Å². The first-order chi connectivity index (χ1) is 7.45. The number of carbonyl (C=O) groups is 1. The third kappa shape index (κ3) is 2.71. The molecule has 0 radical (unpaired) electrons. The fourth-order valence-electron chi connectivity index (χ4n) is 1.25. The zero-order valence-corrected chi connectivity index (χ0v) is 8.76. The number of alkyl halides is 2. The maximum absolute atomic E-state index is 13.4. The van der Waals surface area contributed by atoms with E-state index in [2.05, 4.69) is 9.72 Å². The van der Waals surface area contributed by atoms with Crippen LogP contribution in [0.25, 0.3) is 0 Å². The van der Waals surface area contributed by atoms with Crippen molar-refractivity contribution >= 4 is 5.97 Å². The molecular formula is C10H10F3NO2. The van der Waals surface area contributed by atoms with Crippen molar-refractivity contribution in [2.75, 3.05) is 7.11 Å². The van der Waals surface area contributed by atoms with Crippen LogP contribution in [0, 0.1) is 12.7 Å². The Labute approximate surface area is 90.2 Å². The molecule has 0 fully saturated rings. The number of carbonyl (C=O) groups excluding carboxylic acids is 1. The van der Waals surface area contributed by atoms with Gasteiger partial charge in [-0.1, -0.05) is 0 Å². The third-order valence-electron chi connectivity index (χ3n) is 1.99. The highest BCUT2D eigenvalue weighted by atomic mass is 19.3. The monoisotopic (exact) mass is 233 g/mol. The van der Waals surface area contributed by atoms with Crippen molar-refractivity contribution in [3.05, 3.63) is 28.8 Å². The van der Waals surface area contributed by atoms with E-state index in [-0.39, 0.29) is 5.69 Å².